The summed E-state index contributed by atoms with van der Waals surface area (Å²) >= 11 is 0. The van der Waals surface area contributed by atoms with Crippen LogP contribution in [-0.4, -0.2) is 53.7 Å². The second kappa shape index (κ2) is 4.95. The van der Waals surface area contributed by atoms with Crippen LogP contribution in [0.15, 0.2) is 0 Å². The van der Waals surface area contributed by atoms with Crippen molar-refractivity contribution in [1.29, 1.82) is 0 Å². The van der Waals surface area contributed by atoms with E-state index in [4.69, 9.17) is 0 Å². The minimum atomic E-state index is -0.157. The monoisotopic (exact) mass is 224 g/mol. The van der Waals surface area contributed by atoms with Gasteiger partial charge in [-0.3, -0.25) is 9.59 Å². The topological polar surface area (TPSA) is 40.4 Å². The summed E-state index contributed by atoms with van der Waals surface area (Å²) < 4.78 is 0. The Morgan fingerprint density at radius 1 is 1.38 bits per heavy atom. The lowest BCUT2D eigenvalue weighted by molar-refractivity contribution is -0.136. The van der Waals surface area contributed by atoms with Gasteiger partial charge in [0.25, 0.3) is 0 Å². The number of hydrogen-bond acceptors (Lipinski definition) is 3. The van der Waals surface area contributed by atoms with Crippen LogP contribution in [0.25, 0.3) is 0 Å². The maximum atomic E-state index is 12.0. The third kappa shape index (κ3) is 2.61. The Bertz CT molecular complexity index is 287. The van der Waals surface area contributed by atoms with E-state index in [9.17, 15) is 9.59 Å². The highest BCUT2D eigenvalue weighted by molar-refractivity contribution is 5.89. The smallest absolute Gasteiger partial charge is 0.223 e. The lowest BCUT2D eigenvalue weighted by Crippen LogP contribution is -2.42. The van der Waals surface area contributed by atoms with Crippen LogP contribution in [0, 0.1) is 0 Å². The summed E-state index contributed by atoms with van der Waals surface area (Å²) in [5.74, 6) is 0.400. The van der Waals surface area contributed by atoms with Crippen molar-refractivity contribution in [2.24, 2.45) is 0 Å². The number of Topliss-reactive ketones (excluding diaryl/α,β-unsaturated/α-hetero) is 1. The molecule has 2 aliphatic rings. The van der Waals surface area contributed by atoms with E-state index in [1.54, 1.807) is 4.90 Å². The number of hydrogen-bond donors (Lipinski definition) is 0. The van der Waals surface area contributed by atoms with Gasteiger partial charge in [-0.15, -0.1) is 0 Å². The molecule has 0 aromatic rings. The van der Waals surface area contributed by atoms with E-state index in [-0.39, 0.29) is 17.7 Å². The molecule has 16 heavy (non-hydrogen) atoms. The van der Waals surface area contributed by atoms with Gasteiger partial charge in [0.1, 0.15) is 0 Å². The van der Waals surface area contributed by atoms with Crippen LogP contribution in [0.2, 0.25) is 0 Å². The number of carbonyl (C=O) groups excluding carboxylic acids is 2. The molecular weight excluding hydrogens is 204 g/mol. The SMILES string of the molecule is CCC(C(=O)CCN1CC1)N1CCCC1=O. The van der Waals surface area contributed by atoms with Crippen molar-refractivity contribution in [3.05, 3.63) is 0 Å². The van der Waals surface area contributed by atoms with E-state index >= 15 is 0 Å². The number of likely N-dealkylation sites (tertiary alicyclic amines) is 1. The number of amides is 1. The van der Waals surface area contributed by atoms with Gasteiger partial charge in [0.2, 0.25) is 5.91 Å². The molecule has 1 unspecified atom stereocenters. The van der Waals surface area contributed by atoms with Crippen molar-refractivity contribution >= 4 is 11.7 Å². The van der Waals surface area contributed by atoms with Crippen LogP contribution in [0.1, 0.15) is 32.6 Å². The average Bonchev–Trinajstić information content (AvgIpc) is 3.01. The van der Waals surface area contributed by atoms with Gasteiger partial charge in [-0.1, -0.05) is 6.92 Å². The summed E-state index contributed by atoms with van der Waals surface area (Å²) in [6.45, 7) is 5.90. The van der Waals surface area contributed by atoms with Gasteiger partial charge in [-0.25, -0.2) is 0 Å². The lowest BCUT2D eigenvalue weighted by atomic mass is 10.1. The van der Waals surface area contributed by atoms with Crippen LogP contribution >= 0.6 is 0 Å². The summed E-state index contributed by atoms with van der Waals surface area (Å²) in [6, 6.07) is -0.157. The largest absolute Gasteiger partial charge is 0.333 e. The van der Waals surface area contributed by atoms with Gasteiger partial charge in [-0.2, -0.15) is 0 Å². The normalized spacial score (nSPS) is 22.6. The number of carbonyl (C=O) groups is 2. The first-order chi connectivity index (χ1) is 7.72. The van der Waals surface area contributed by atoms with E-state index in [0.29, 0.717) is 12.8 Å². The van der Waals surface area contributed by atoms with E-state index in [2.05, 4.69) is 4.90 Å². The Kier molecular flexibility index (Phi) is 3.59. The molecule has 0 spiro atoms. The maximum absolute atomic E-state index is 12.0. The third-order valence-electron chi connectivity index (χ3n) is 3.46. The molecule has 2 aliphatic heterocycles. The highest BCUT2D eigenvalue weighted by Gasteiger charge is 2.31. The number of nitrogens with zero attached hydrogens (tertiary/aromatic N) is 2. The first kappa shape index (κ1) is 11.6. The average molecular weight is 224 g/mol. The van der Waals surface area contributed by atoms with Gasteiger partial charge in [0, 0.05) is 39.0 Å². The molecule has 1 atom stereocenters. The molecule has 0 aromatic heterocycles. The molecule has 0 radical (unpaired) electrons. The van der Waals surface area contributed by atoms with Crippen molar-refractivity contribution in [3.63, 3.8) is 0 Å². The molecule has 0 saturated carbocycles. The van der Waals surface area contributed by atoms with Crippen molar-refractivity contribution in [2.75, 3.05) is 26.2 Å². The molecule has 2 saturated heterocycles. The van der Waals surface area contributed by atoms with Crippen molar-refractivity contribution < 1.29 is 9.59 Å². The van der Waals surface area contributed by atoms with Crippen LogP contribution in [0.4, 0.5) is 0 Å². The van der Waals surface area contributed by atoms with Crippen molar-refractivity contribution in [2.45, 2.75) is 38.6 Å². The Hall–Kier alpha value is -0.900. The second-order valence-electron chi connectivity index (χ2n) is 4.67. The Morgan fingerprint density at radius 2 is 2.12 bits per heavy atom. The Labute approximate surface area is 96.6 Å². The molecule has 1 amide bonds. The van der Waals surface area contributed by atoms with Crippen LogP contribution in [0.5, 0.6) is 0 Å². The molecule has 4 nitrogen and oxygen atoms in total. The second-order valence-corrected chi connectivity index (χ2v) is 4.67. The summed E-state index contributed by atoms with van der Waals surface area (Å²) in [7, 11) is 0. The molecule has 2 rings (SSSR count). The zero-order chi connectivity index (χ0) is 11.5. The first-order valence-electron chi connectivity index (χ1n) is 6.27. The minimum absolute atomic E-state index is 0.157. The molecule has 2 heterocycles. The zero-order valence-corrected chi connectivity index (χ0v) is 9.95. The summed E-state index contributed by atoms with van der Waals surface area (Å²) in [5.41, 5.74) is 0. The first-order valence-corrected chi connectivity index (χ1v) is 6.27. The van der Waals surface area contributed by atoms with E-state index in [1.165, 1.54) is 0 Å². The molecule has 0 N–H and O–H groups in total. The summed E-state index contributed by atoms with van der Waals surface area (Å²) in [5, 5.41) is 0. The highest BCUT2D eigenvalue weighted by Crippen LogP contribution is 2.18. The fourth-order valence-electron chi connectivity index (χ4n) is 2.35. The number of rotatable bonds is 6. The van der Waals surface area contributed by atoms with E-state index in [1.807, 2.05) is 6.92 Å². The summed E-state index contributed by atoms with van der Waals surface area (Å²) in [6.07, 6.45) is 2.89. The van der Waals surface area contributed by atoms with Gasteiger partial charge in [0.05, 0.1) is 6.04 Å². The maximum Gasteiger partial charge on any atom is 0.223 e. The van der Waals surface area contributed by atoms with Crippen molar-refractivity contribution in [3.8, 4) is 0 Å². The van der Waals surface area contributed by atoms with Crippen LogP contribution < -0.4 is 0 Å². The van der Waals surface area contributed by atoms with Gasteiger partial charge in [-0.05, 0) is 12.8 Å². The third-order valence-corrected chi connectivity index (χ3v) is 3.46. The molecule has 4 heteroatoms. The summed E-state index contributed by atoms with van der Waals surface area (Å²) in [4.78, 5) is 27.6. The molecule has 0 aromatic carbocycles. The van der Waals surface area contributed by atoms with Crippen LogP contribution in [-0.2, 0) is 9.59 Å². The van der Waals surface area contributed by atoms with Gasteiger partial charge < -0.3 is 9.80 Å². The van der Waals surface area contributed by atoms with Crippen LogP contribution in [0.3, 0.4) is 0 Å². The quantitative estimate of drug-likeness (QED) is 0.622. The van der Waals surface area contributed by atoms with Crippen molar-refractivity contribution in [1.82, 2.24) is 9.80 Å². The fraction of sp³-hybridized carbons (Fsp3) is 0.833. The Morgan fingerprint density at radius 3 is 2.62 bits per heavy atom. The van der Waals surface area contributed by atoms with E-state index < -0.39 is 0 Å². The molecular formula is C12H20N2O2. The van der Waals surface area contributed by atoms with Gasteiger partial charge >= 0.3 is 0 Å². The number of ketones is 1. The predicted molar refractivity (Wildman–Crippen MR) is 61.1 cm³/mol. The predicted octanol–water partition coefficient (Wildman–Crippen LogP) is 0.662. The standard InChI is InChI=1S/C12H20N2O2/c1-2-10(14-6-3-4-12(14)16)11(15)5-7-13-8-9-13/h10H,2-9H2,1H3. The Balaban J connectivity index is 1.86. The lowest BCUT2D eigenvalue weighted by Gasteiger charge is -2.25. The highest BCUT2D eigenvalue weighted by atomic mass is 16.2. The molecule has 0 bridgehead atoms. The zero-order valence-electron chi connectivity index (χ0n) is 9.95. The van der Waals surface area contributed by atoms with Gasteiger partial charge in [0.15, 0.2) is 5.78 Å². The molecule has 2 fully saturated rings. The fourth-order valence-corrected chi connectivity index (χ4v) is 2.35. The molecule has 0 aliphatic carbocycles. The molecule has 90 valence electrons. The minimum Gasteiger partial charge on any atom is -0.333 e. The van der Waals surface area contributed by atoms with E-state index in [0.717, 1.165) is 39.0 Å².